The van der Waals surface area contributed by atoms with Crippen LogP contribution in [0.5, 0.6) is 0 Å². The highest BCUT2D eigenvalue weighted by molar-refractivity contribution is 5.98. The fraction of sp³-hybridized carbons (Fsp3) is 0.438. The molecule has 1 aromatic carbocycles. The summed E-state index contributed by atoms with van der Waals surface area (Å²) < 4.78 is 0. The SMILES string of the molecule is CN(C)CCC(=O)NNC(=O)c1ccc(N2CCCC2=O)cc1. The molecule has 1 saturated heterocycles. The lowest BCUT2D eigenvalue weighted by Crippen LogP contribution is -2.42. The van der Waals surface area contributed by atoms with Gasteiger partial charge in [-0.1, -0.05) is 0 Å². The van der Waals surface area contributed by atoms with Gasteiger partial charge in [-0.25, -0.2) is 0 Å². The van der Waals surface area contributed by atoms with Crippen LogP contribution in [0.15, 0.2) is 24.3 Å². The van der Waals surface area contributed by atoms with Crippen LogP contribution in [0.3, 0.4) is 0 Å². The number of amides is 3. The second-order valence-electron chi connectivity index (χ2n) is 5.75. The molecule has 1 heterocycles. The van der Waals surface area contributed by atoms with Crippen LogP contribution < -0.4 is 15.8 Å². The normalized spacial score (nSPS) is 14.2. The van der Waals surface area contributed by atoms with Gasteiger partial charge in [0.1, 0.15) is 0 Å². The van der Waals surface area contributed by atoms with Gasteiger partial charge < -0.3 is 9.80 Å². The molecule has 1 fully saturated rings. The minimum atomic E-state index is -0.387. The van der Waals surface area contributed by atoms with Crippen LogP contribution >= 0.6 is 0 Å². The Balaban J connectivity index is 1.85. The molecule has 124 valence electrons. The van der Waals surface area contributed by atoms with Crippen LogP contribution in [0.4, 0.5) is 5.69 Å². The van der Waals surface area contributed by atoms with Crippen LogP contribution in [0, 0.1) is 0 Å². The summed E-state index contributed by atoms with van der Waals surface area (Å²) in [6.45, 7) is 1.33. The standard InChI is InChI=1S/C16H22N4O3/c1-19(2)11-9-14(21)17-18-16(23)12-5-7-13(8-6-12)20-10-3-4-15(20)22/h5-8H,3-4,9-11H2,1-2H3,(H,17,21)(H,18,23). The summed E-state index contributed by atoms with van der Waals surface area (Å²) in [5, 5.41) is 0. The highest BCUT2D eigenvalue weighted by Gasteiger charge is 2.21. The summed E-state index contributed by atoms with van der Waals surface area (Å²) in [6, 6.07) is 6.77. The highest BCUT2D eigenvalue weighted by atomic mass is 16.2. The summed E-state index contributed by atoms with van der Waals surface area (Å²) in [5.41, 5.74) is 5.98. The van der Waals surface area contributed by atoms with Crippen molar-refractivity contribution in [3.63, 3.8) is 0 Å². The summed E-state index contributed by atoms with van der Waals surface area (Å²) in [6.07, 6.45) is 1.74. The average Bonchev–Trinajstić information content (AvgIpc) is 2.96. The van der Waals surface area contributed by atoms with Crippen LogP contribution in [-0.4, -0.2) is 49.8 Å². The molecule has 1 aliphatic heterocycles. The van der Waals surface area contributed by atoms with Gasteiger partial charge in [0.2, 0.25) is 11.8 Å². The molecule has 0 atom stereocenters. The zero-order valence-corrected chi connectivity index (χ0v) is 13.5. The van der Waals surface area contributed by atoms with Gasteiger partial charge in [0.05, 0.1) is 0 Å². The predicted octanol–water partition coefficient (Wildman–Crippen LogP) is 0.526. The molecular weight excluding hydrogens is 296 g/mol. The number of nitrogens with zero attached hydrogens (tertiary/aromatic N) is 2. The monoisotopic (exact) mass is 318 g/mol. The van der Waals surface area contributed by atoms with Gasteiger partial charge in [-0.05, 0) is 44.8 Å². The molecule has 7 heteroatoms. The zero-order chi connectivity index (χ0) is 16.8. The van der Waals surface area contributed by atoms with E-state index in [1.54, 1.807) is 29.2 Å². The number of rotatable bonds is 5. The van der Waals surface area contributed by atoms with Gasteiger partial charge >= 0.3 is 0 Å². The first-order valence-corrected chi connectivity index (χ1v) is 7.61. The van der Waals surface area contributed by atoms with Crippen molar-refractivity contribution in [3.8, 4) is 0 Å². The summed E-state index contributed by atoms with van der Waals surface area (Å²) in [7, 11) is 3.75. The molecule has 0 aromatic heterocycles. The lowest BCUT2D eigenvalue weighted by Gasteiger charge is -2.16. The van der Waals surface area contributed by atoms with Gasteiger partial charge in [-0.2, -0.15) is 0 Å². The molecule has 0 unspecified atom stereocenters. The second-order valence-corrected chi connectivity index (χ2v) is 5.75. The van der Waals surface area contributed by atoms with E-state index in [1.165, 1.54) is 0 Å². The fourth-order valence-corrected chi connectivity index (χ4v) is 2.30. The summed E-state index contributed by atoms with van der Waals surface area (Å²) in [4.78, 5) is 38.8. The van der Waals surface area contributed by atoms with E-state index in [2.05, 4.69) is 10.9 Å². The maximum atomic E-state index is 12.0. The number of carbonyl (C=O) groups is 3. The number of hydrogen-bond acceptors (Lipinski definition) is 4. The zero-order valence-electron chi connectivity index (χ0n) is 13.5. The third-order valence-corrected chi connectivity index (χ3v) is 3.62. The average molecular weight is 318 g/mol. The highest BCUT2D eigenvalue weighted by Crippen LogP contribution is 2.21. The molecule has 2 rings (SSSR count). The lowest BCUT2D eigenvalue weighted by molar-refractivity contribution is -0.122. The Morgan fingerprint density at radius 3 is 2.43 bits per heavy atom. The van der Waals surface area contributed by atoms with E-state index in [-0.39, 0.29) is 17.7 Å². The van der Waals surface area contributed by atoms with Gasteiger partial charge in [-0.15, -0.1) is 0 Å². The van der Waals surface area contributed by atoms with Crippen molar-refractivity contribution in [2.75, 3.05) is 32.1 Å². The number of nitrogens with one attached hydrogen (secondary N) is 2. The van der Waals surface area contributed by atoms with Crippen molar-refractivity contribution in [3.05, 3.63) is 29.8 Å². The molecule has 3 amide bonds. The number of anilines is 1. The number of hydrogen-bond donors (Lipinski definition) is 2. The quantitative estimate of drug-likeness (QED) is 0.776. The van der Waals surface area contributed by atoms with Crippen molar-refractivity contribution >= 4 is 23.4 Å². The van der Waals surface area contributed by atoms with E-state index >= 15 is 0 Å². The van der Waals surface area contributed by atoms with Crippen molar-refractivity contribution in [1.82, 2.24) is 15.8 Å². The van der Waals surface area contributed by atoms with E-state index in [4.69, 9.17) is 0 Å². The second kappa shape index (κ2) is 7.73. The lowest BCUT2D eigenvalue weighted by atomic mass is 10.2. The third-order valence-electron chi connectivity index (χ3n) is 3.62. The van der Waals surface area contributed by atoms with Crippen LogP contribution in [0.2, 0.25) is 0 Å². The molecule has 23 heavy (non-hydrogen) atoms. The van der Waals surface area contributed by atoms with Crippen molar-refractivity contribution in [2.24, 2.45) is 0 Å². The van der Waals surface area contributed by atoms with Gasteiger partial charge in [0.25, 0.3) is 5.91 Å². The minimum absolute atomic E-state index is 0.107. The van der Waals surface area contributed by atoms with E-state index in [0.29, 0.717) is 31.5 Å². The summed E-state index contributed by atoms with van der Waals surface area (Å²) >= 11 is 0. The fourth-order valence-electron chi connectivity index (χ4n) is 2.30. The molecule has 0 radical (unpaired) electrons. The van der Waals surface area contributed by atoms with Gasteiger partial charge in [0.15, 0.2) is 0 Å². The van der Waals surface area contributed by atoms with Crippen LogP contribution in [0.1, 0.15) is 29.6 Å². The summed E-state index contributed by atoms with van der Waals surface area (Å²) in [5.74, 6) is -0.524. The topological polar surface area (TPSA) is 81.8 Å². The first-order valence-electron chi connectivity index (χ1n) is 7.61. The molecule has 7 nitrogen and oxygen atoms in total. The Morgan fingerprint density at radius 2 is 1.87 bits per heavy atom. The van der Waals surface area contributed by atoms with Crippen LogP contribution in [-0.2, 0) is 9.59 Å². The number of benzene rings is 1. The Hall–Kier alpha value is -2.41. The van der Waals surface area contributed by atoms with Crippen molar-refractivity contribution in [1.29, 1.82) is 0 Å². The molecule has 0 aliphatic carbocycles. The Labute approximate surface area is 135 Å². The molecule has 1 aromatic rings. The van der Waals surface area contributed by atoms with Crippen LogP contribution in [0.25, 0.3) is 0 Å². The maximum Gasteiger partial charge on any atom is 0.269 e. The molecule has 0 spiro atoms. The predicted molar refractivity (Wildman–Crippen MR) is 86.8 cm³/mol. The Kier molecular flexibility index (Phi) is 5.70. The number of carbonyl (C=O) groups excluding carboxylic acids is 3. The Morgan fingerprint density at radius 1 is 1.17 bits per heavy atom. The minimum Gasteiger partial charge on any atom is -0.312 e. The maximum absolute atomic E-state index is 12.0. The van der Waals surface area contributed by atoms with E-state index < -0.39 is 0 Å². The molecule has 1 aliphatic rings. The van der Waals surface area contributed by atoms with E-state index in [9.17, 15) is 14.4 Å². The van der Waals surface area contributed by atoms with Crippen molar-refractivity contribution < 1.29 is 14.4 Å². The van der Waals surface area contributed by atoms with E-state index in [0.717, 1.165) is 12.1 Å². The molecule has 0 bridgehead atoms. The van der Waals surface area contributed by atoms with Crippen molar-refractivity contribution in [2.45, 2.75) is 19.3 Å². The van der Waals surface area contributed by atoms with Gasteiger partial charge in [0, 0.05) is 37.2 Å². The van der Waals surface area contributed by atoms with Gasteiger partial charge in [-0.3, -0.25) is 25.2 Å². The third kappa shape index (κ3) is 4.79. The smallest absolute Gasteiger partial charge is 0.269 e. The molecule has 0 saturated carbocycles. The number of hydrazine groups is 1. The first-order chi connectivity index (χ1) is 11.0. The largest absolute Gasteiger partial charge is 0.312 e. The van der Waals surface area contributed by atoms with E-state index in [1.807, 2.05) is 19.0 Å². The molecular formula is C16H22N4O3. The molecule has 2 N–H and O–H groups in total. The Bertz CT molecular complexity index is 583. The first kappa shape index (κ1) is 17.0.